The Labute approximate surface area is 163 Å². The van der Waals surface area contributed by atoms with Crippen molar-refractivity contribution in [3.05, 3.63) is 29.8 Å². The summed E-state index contributed by atoms with van der Waals surface area (Å²) in [5.41, 5.74) is 0.789. The number of rotatable bonds is 8. The van der Waals surface area contributed by atoms with E-state index in [1.54, 1.807) is 0 Å². The number of likely N-dealkylation sites (tertiary alicyclic amines) is 1. The fourth-order valence-corrected chi connectivity index (χ4v) is 3.44. The molecular weight excluding hydrogens is 352 g/mol. The van der Waals surface area contributed by atoms with Gasteiger partial charge in [-0.05, 0) is 50.2 Å². The Morgan fingerprint density at radius 3 is 2.27 bits per heavy atom. The van der Waals surface area contributed by atoms with Gasteiger partial charge in [-0.2, -0.15) is 0 Å². The Hall–Kier alpha value is -1.14. The molecule has 0 aliphatic carbocycles. The van der Waals surface area contributed by atoms with E-state index in [1.165, 1.54) is 19.3 Å². The predicted molar refractivity (Wildman–Crippen MR) is 106 cm³/mol. The van der Waals surface area contributed by atoms with Crippen molar-refractivity contribution in [2.75, 3.05) is 59.1 Å². The molecule has 6 heteroatoms. The van der Waals surface area contributed by atoms with Crippen LogP contribution < -0.4 is 4.74 Å². The number of Topliss-reactive ketones (excluding diaryl/α,β-unsaturated/α-hetero) is 1. The second-order valence-electron chi connectivity index (χ2n) is 6.90. The Morgan fingerprint density at radius 2 is 1.58 bits per heavy atom. The number of benzene rings is 1. The summed E-state index contributed by atoms with van der Waals surface area (Å²) in [7, 11) is 0. The van der Waals surface area contributed by atoms with Crippen molar-refractivity contribution in [2.45, 2.75) is 25.7 Å². The second kappa shape index (κ2) is 11.5. The van der Waals surface area contributed by atoms with Gasteiger partial charge in [-0.15, -0.1) is 12.4 Å². The first-order valence-electron chi connectivity index (χ1n) is 9.60. The second-order valence-corrected chi connectivity index (χ2v) is 6.90. The van der Waals surface area contributed by atoms with Gasteiger partial charge in [0.2, 0.25) is 0 Å². The van der Waals surface area contributed by atoms with Crippen molar-refractivity contribution in [1.29, 1.82) is 0 Å². The number of halogens is 1. The van der Waals surface area contributed by atoms with Gasteiger partial charge in [-0.3, -0.25) is 9.69 Å². The zero-order valence-electron chi connectivity index (χ0n) is 15.5. The van der Waals surface area contributed by atoms with Gasteiger partial charge >= 0.3 is 0 Å². The van der Waals surface area contributed by atoms with E-state index in [4.69, 9.17) is 9.47 Å². The highest BCUT2D eigenvalue weighted by Gasteiger charge is 2.13. The highest BCUT2D eigenvalue weighted by atomic mass is 35.5. The SMILES string of the molecule is Cl.O=C(CCN1CCCCC1)c1ccc(OCCN2CCOCC2)cc1. The summed E-state index contributed by atoms with van der Waals surface area (Å²) in [4.78, 5) is 17.1. The van der Waals surface area contributed by atoms with Crippen molar-refractivity contribution in [2.24, 2.45) is 0 Å². The largest absolute Gasteiger partial charge is 0.492 e. The third-order valence-corrected chi connectivity index (χ3v) is 5.06. The molecule has 0 spiro atoms. The normalized spacial score (nSPS) is 18.9. The molecule has 26 heavy (non-hydrogen) atoms. The average molecular weight is 383 g/mol. The summed E-state index contributed by atoms with van der Waals surface area (Å²) in [6.45, 7) is 8.34. The van der Waals surface area contributed by atoms with Crippen LogP contribution in [0.3, 0.4) is 0 Å². The van der Waals surface area contributed by atoms with E-state index in [0.29, 0.717) is 13.0 Å². The van der Waals surface area contributed by atoms with E-state index in [-0.39, 0.29) is 18.2 Å². The summed E-state index contributed by atoms with van der Waals surface area (Å²) in [5.74, 6) is 1.06. The molecule has 0 bridgehead atoms. The van der Waals surface area contributed by atoms with Gasteiger partial charge in [-0.1, -0.05) is 6.42 Å². The van der Waals surface area contributed by atoms with Crippen LogP contribution >= 0.6 is 12.4 Å². The van der Waals surface area contributed by atoms with Crippen LogP contribution in [-0.4, -0.2) is 74.7 Å². The van der Waals surface area contributed by atoms with Crippen LogP contribution in [-0.2, 0) is 4.74 Å². The van der Waals surface area contributed by atoms with Crippen molar-refractivity contribution >= 4 is 18.2 Å². The fraction of sp³-hybridized carbons (Fsp3) is 0.650. The standard InChI is InChI=1S/C20H30N2O3.ClH/c23-20(8-11-21-9-2-1-3-10-21)18-4-6-19(7-5-18)25-17-14-22-12-15-24-16-13-22;/h4-7H,1-3,8-17H2;1H. The Morgan fingerprint density at radius 1 is 0.923 bits per heavy atom. The number of hydrogen-bond donors (Lipinski definition) is 0. The number of hydrogen-bond acceptors (Lipinski definition) is 5. The molecule has 3 rings (SSSR count). The zero-order chi connectivity index (χ0) is 17.3. The molecule has 1 aromatic rings. The molecule has 5 nitrogen and oxygen atoms in total. The number of ketones is 1. The van der Waals surface area contributed by atoms with Gasteiger partial charge < -0.3 is 14.4 Å². The van der Waals surface area contributed by atoms with E-state index in [1.807, 2.05) is 24.3 Å². The number of carbonyl (C=O) groups excluding carboxylic acids is 1. The first kappa shape index (κ1) is 21.2. The Bertz CT molecular complexity index is 526. The summed E-state index contributed by atoms with van der Waals surface area (Å²) < 4.78 is 11.1. The van der Waals surface area contributed by atoms with Crippen molar-refractivity contribution in [3.8, 4) is 5.75 Å². The number of ether oxygens (including phenoxy) is 2. The predicted octanol–water partition coefficient (Wildman–Crippen LogP) is 2.88. The lowest BCUT2D eigenvalue weighted by molar-refractivity contribution is 0.0322. The van der Waals surface area contributed by atoms with Crippen LogP contribution in [0.5, 0.6) is 5.75 Å². The quantitative estimate of drug-likeness (QED) is 0.647. The van der Waals surface area contributed by atoms with Crippen molar-refractivity contribution in [1.82, 2.24) is 9.80 Å². The lowest BCUT2D eigenvalue weighted by atomic mass is 10.1. The molecule has 1 aromatic carbocycles. The smallest absolute Gasteiger partial charge is 0.164 e. The molecule has 0 N–H and O–H groups in total. The minimum atomic E-state index is 0. The Kier molecular flexibility index (Phi) is 9.40. The maximum absolute atomic E-state index is 12.3. The monoisotopic (exact) mass is 382 g/mol. The molecule has 0 unspecified atom stereocenters. The first-order chi connectivity index (χ1) is 12.3. The van der Waals surface area contributed by atoms with Crippen LogP contribution in [0.15, 0.2) is 24.3 Å². The topological polar surface area (TPSA) is 42.0 Å². The molecular formula is C20H31ClN2O3. The van der Waals surface area contributed by atoms with Gasteiger partial charge in [0.25, 0.3) is 0 Å². The highest BCUT2D eigenvalue weighted by molar-refractivity contribution is 5.96. The molecule has 0 amide bonds. The van der Waals surface area contributed by atoms with Crippen LogP contribution in [0.4, 0.5) is 0 Å². The van der Waals surface area contributed by atoms with Crippen LogP contribution in [0.2, 0.25) is 0 Å². The molecule has 0 aromatic heterocycles. The molecule has 0 atom stereocenters. The number of nitrogens with zero attached hydrogens (tertiary/aromatic N) is 2. The molecule has 2 heterocycles. The summed E-state index contributed by atoms with van der Waals surface area (Å²) in [6, 6.07) is 7.60. The Balaban J connectivity index is 0.00000243. The van der Waals surface area contributed by atoms with E-state index in [2.05, 4.69) is 9.80 Å². The molecule has 146 valence electrons. The van der Waals surface area contributed by atoms with Crippen LogP contribution in [0.1, 0.15) is 36.0 Å². The minimum absolute atomic E-state index is 0. The van der Waals surface area contributed by atoms with E-state index in [0.717, 1.165) is 63.8 Å². The third-order valence-electron chi connectivity index (χ3n) is 5.06. The lowest BCUT2D eigenvalue weighted by Gasteiger charge is -2.26. The number of carbonyl (C=O) groups is 1. The summed E-state index contributed by atoms with van der Waals surface area (Å²) in [5, 5.41) is 0. The average Bonchev–Trinajstić information content (AvgIpc) is 2.68. The highest BCUT2D eigenvalue weighted by Crippen LogP contribution is 2.15. The van der Waals surface area contributed by atoms with Gasteiger partial charge in [0.1, 0.15) is 12.4 Å². The molecule has 2 aliphatic heterocycles. The van der Waals surface area contributed by atoms with Crippen molar-refractivity contribution < 1.29 is 14.3 Å². The van der Waals surface area contributed by atoms with Crippen molar-refractivity contribution in [3.63, 3.8) is 0 Å². The molecule has 0 saturated carbocycles. The maximum Gasteiger partial charge on any atom is 0.164 e. The third kappa shape index (κ3) is 6.88. The summed E-state index contributed by atoms with van der Waals surface area (Å²) >= 11 is 0. The van der Waals surface area contributed by atoms with Gasteiger partial charge in [0.05, 0.1) is 13.2 Å². The lowest BCUT2D eigenvalue weighted by Crippen LogP contribution is -2.38. The fourth-order valence-electron chi connectivity index (χ4n) is 3.44. The molecule has 2 saturated heterocycles. The van der Waals surface area contributed by atoms with Gasteiger partial charge in [0.15, 0.2) is 5.78 Å². The number of piperidine rings is 1. The molecule has 2 fully saturated rings. The van der Waals surface area contributed by atoms with E-state index >= 15 is 0 Å². The molecule has 0 radical (unpaired) electrons. The molecule has 2 aliphatic rings. The van der Waals surface area contributed by atoms with Gasteiger partial charge in [-0.25, -0.2) is 0 Å². The van der Waals surface area contributed by atoms with E-state index < -0.39 is 0 Å². The number of morpholine rings is 1. The van der Waals surface area contributed by atoms with E-state index in [9.17, 15) is 4.79 Å². The van der Waals surface area contributed by atoms with Crippen LogP contribution in [0, 0.1) is 0 Å². The minimum Gasteiger partial charge on any atom is -0.492 e. The zero-order valence-corrected chi connectivity index (χ0v) is 16.3. The van der Waals surface area contributed by atoms with Gasteiger partial charge in [0, 0.05) is 38.2 Å². The first-order valence-corrected chi connectivity index (χ1v) is 9.60. The van der Waals surface area contributed by atoms with Crippen LogP contribution in [0.25, 0.3) is 0 Å². The summed E-state index contributed by atoms with van der Waals surface area (Å²) in [6.07, 6.45) is 4.48. The maximum atomic E-state index is 12.3.